The van der Waals surface area contributed by atoms with E-state index < -0.39 is 0 Å². The zero-order chi connectivity index (χ0) is 12.3. The summed E-state index contributed by atoms with van der Waals surface area (Å²) in [7, 11) is 0. The van der Waals surface area contributed by atoms with E-state index in [9.17, 15) is 9.59 Å². The van der Waals surface area contributed by atoms with Crippen molar-refractivity contribution in [2.24, 2.45) is 0 Å². The second-order valence-corrected chi connectivity index (χ2v) is 4.37. The molecule has 2 amide bonds. The van der Waals surface area contributed by atoms with Gasteiger partial charge in [-0.1, -0.05) is 38.3 Å². The van der Waals surface area contributed by atoms with Crippen LogP contribution in [0.3, 0.4) is 0 Å². The molecule has 1 heterocycles. The van der Waals surface area contributed by atoms with Crippen LogP contribution in [0.2, 0.25) is 0 Å². The molecule has 0 radical (unpaired) electrons. The normalized spacial score (nSPS) is 14.3. The van der Waals surface area contributed by atoms with Crippen LogP contribution in [0.4, 0.5) is 0 Å². The average Bonchev–Trinajstić information content (AvgIpc) is 2.60. The Bertz CT molecular complexity index is 405. The molecule has 90 valence electrons. The number of amides is 2. The number of imide groups is 1. The molecule has 2 rings (SSSR count). The molecule has 3 heteroatoms. The number of carbonyl (C=O) groups is 2. The number of nitrogens with zero attached hydrogens (tertiary/aromatic N) is 1. The zero-order valence-electron chi connectivity index (χ0n) is 10.1. The SMILES string of the molecule is CCCCCCN1C(=O)c2ccccc2C1=O. The molecule has 0 fully saturated rings. The first-order valence-corrected chi connectivity index (χ1v) is 6.21. The van der Waals surface area contributed by atoms with E-state index in [4.69, 9.17) is 0 Å². The quantitative estimate of drug-likeness (QED) is 0.577. The maximum atomic E-state index is 12.0. The summed E-state index contributed by atoms with van der Waals surface area (Å²) >= 11 is 0. The van der Waals surface area contributed by atoms with Crippen molar-refractivity contribution in [3.8, 4) is 0 Å². The molecule has 0 saturated carbocycles. The van der Waals surface area contributed by atoms with Crippen molar-refractivity contribution in [3.63, 3.8) is 0 Å². The van der Waals surface area contributed by atoms with Gasteiger partial charge in [-0.2, -0.15) is 0 Å². The van der Waals surface area contributed by atoms with E-state index in [1.54, 1.807) is 24.3 Å². The monoisotopic (exact) mass is 231 g/mol. The van der Waals surface area contributed by atoms with Gasteiger partial charge in [-0.05, 0) is 18.6 Å². The zero-order valence-corrected chi connectivity index (χ0v) is 10.1. The molecular weight excluding hydrogens is 214 g/mol. The fourth-order valence-electron chi connectivity index (χ4n) is 2.14. The first-order valence-electron chi connectivity index (χ1n) is 6.21. The largest absolute Gasteiger partial charge is 0.274 e. The lowest BCUT2D eigenvalue weighted by molar-refractivity contribution is 0.0651. The lowest BCUT2D eigenvalue weighted by Crippen LogP contribution is -2.30. The van der Waals surface area contributed by atoms with Crippen molar-refractivity contribution in [2.75, 3.05) is 6.54 Å². The summed E-state index contributed by atoms with van der Waals surface area (Å²) in [6.45, 7) is 2.69. The van der Waals surface area contributed by atoms with Crippen LogP contribution in [0, 0.1) is 0 Å². The molecule has 1 aliphatic heterocycles. The summed E-state index contributed by atoms with van der Waals surface area (Å²) in [6.07, 6.45) is 4.29. The molecule has 1 aromatic rings. The Labute approximate surface area is 101 Å². The number of fused-ring (bicyclic) bond motifs is 1. The van der Waals surface area contributed by atoms with Crippen LogP contribution >= 0.6 is 0 Å². The minimum atomic E-state index is -0.137. The topological polar surface area (TPSA) is 37.4 Å². The highest BCUT2D eigenvalue weighted by Gasteiger charge is 2.34. The molecule has 0 unspecified atom stereocenters. The van der Waals surface area contributed by atoms with Gasteiger partial charge in [0, 0.05) is 6.54 Å². The van der Waals surface area contributed by atoms with Crippen LogP contribution < -0.4 is 0 Å². The minimum Gasteiger partial charge on any atom is -0.274 e. The molecule has 0 N–H and O–H groups in total. The fourth-order valence-corrected chi connectivity index (χ4v) is 2.14. The van der Waals surface area contributed by atoms with Crippen molar-refractivity contribution >= 4 is 11.8 Å². The maximum Gasteiger partial charge on any atom is 0.261 e. The van der Waals surface area contributed by atoms with Crippen molar-refractivity contribution in [2.45, 2.75) is 32.6 Å². The highest BCUT2D eigenvalue weighted by atomic mass is 16.2. The minimum absolute atomic E-state index is 0.137. The Hall–Kier alpha value is -1.64. The molecule has 0 aromatic heterocycles. The third-order valence-electron chi connectivity index (χ3n) is 3.11. The lowest BCUT2D eigenvalue weighted by atomic mass is 10.1. The summed E-state index contributed by atoms with van der Waals surface area (Å²) in [4.78, 5) is 25.3. The second-order valence-electron chi connectivity index (χ2n) is 4.37. The molecule has 0 aliphatic carbocycles. The number of hydrogen-bond donors (Lipinski definition) is 0. The van der Waals surface area contributed by atoms with Gasteiger partial charge in [0.2, 0.25) is 0 Å². The van der Waals surface area contributed by atoms with Gasteiger partial charge in [0.1, 0.15) is 0 Å². The van der Waals surface area contributed by atoms with Crippen LogP contribution in [0.15, 0.2) is 24.3 Å². The van der Waals surface area contributed by atoms with E-state index in [1.807, 2.05) is 0 Å². The van der Waals surface area contributed by atoms with Crippen molar-refractivity contribution < 1.29 is 9.59 Å². The van der Waals surface area contributed by atoms with Gasteiger partial charge in [-0.3, -0.25) is 14.5 Å². The molecule has 1 aliphatic rings. The summed E-state index contributed by atoms with van der Waals surface area (Å²) in [5, 5.41) is 0. The molecule has 0 saturated heterocycles. The summed E-state index contributed by atoms with van der Waals surface area (Å²) in [5.41, 5.74) is 1.10. The van der Waals surface area contributed by atoms with Crippen molar-refractivity contribution in [1.29, 1.82) is 0 Å². The van der Waals surface area contributed by atoms with E-state index in [0.717, 1.165) is 25.7 Å². The predicted molar refractivity (Wildman–Crippen MR) is 66.0 cm³/mol. The Kier molecular flexibility index (Phi) is 3.57. The lowest BCUT2D eigenvalue weighted by Gasteiger charge is -2.13. The van der Waals surface area contributed by atoms with Gasteiger partial charge in [-0.25, -0.2) is 0 Å². The van der Waals surface area contributed by atoms with Crippen molar-refractivity contribution in [3.05, 3.63) is 35.4 Å². The van der Waals surface area contributed by atoms with Crippen LogP contribution in [-0.4, -0.2) is 23.3 Å². The van der Waals surface area contributed by atoms with E-state index in [2.05, 4.69) is 6.92 Å². The van der Waals surface area contributed by atoms with E-state index in [-0.39, 0.29) is 11.8 Å². The van der Waals surface area contributed by atoms with Crippen LogP contribution in [0.5, 0.6) is 0 Å². The smallest absolute Gasteiger partial charge is 0.261 e. The number of carbonyl (C=O) groups excluding carboxylic acids is 2. The van der Waals surface area contributed by atoms with Gasteiger partial charge >= 0.3 is 0 Å². The summed E-state index contributed by atoms with van der Waals surface area (Å²) in [5.74, 6) is -0.274. The molecule has 17 heavy (non-hydrogen) atoms. The van der Waals surface area contributed by atoms with Gasteiger partial charge < -0.3 is 0 Å². The van der Waals surface area contributed by atoms with Crippen LogP contribution in [-0.2, 0) is 0 Å². The van der Waals surface area contributed by atoms with Gasteiger partial charge in [0.05, 0.1) is 11.1 Å². The number of hydrogen-bond acceptors (Lipinski definition) is 2. The third kappa shape index (κ3) is 2.23. The number of rotatable bonds is 5. The highest BCUT2D eigenvalue weighted by molar-refractivity contribution is 6.21. The Morgan fingerprint density at radius 2 is 1.53 bits per heavy atom. The molecule has 1 aromatic carbocycles. The molecule has 0 spiro atoms. The Morgan fingerprint density at radius 3 is 2.06 bits per heavy atom. The standard InChI is InChI=1S/C14H17NO2/c1-2-3-4-7-10-15-13(16)11-8-5-6-9-12(11)14(15)17/h5-6,8-9H,2-4,7,10H2,1H3. The first-order chi connectivity index (χ1) is 8.25. The number of unbranched alkanes of at least 4 members (excludes halogenated alkanes) is 3. The predicted octanol–water partition coefficient (Wildman–Crippen LogP) is 2.86. The summed E-state index contributed by atoms with van der Waals surface area (Å²) in [6, 6.07) is 7.04. The summed E-state index contributed by atoms with van der Waals surface area (Å²) < 4.78 is 0. The highest BCUT2D eigenvalue weighted by Crippen LogP contribution is 2.22. The maximum absolute atomic E-state index is 12.0. The van der Waals surface area contributed by atoms with Gasteiger partial charge in [0.25, 0.3) is 11.8 Å². The van der Waals surface area contributed by atoms with Gasteiger partial charge in [0.15, 0.2) is 0 Å². The second kappa shape index (κ2) is 5.13. The van der Waals surface area contributed by atoms with Crippen LogP contribution in [0.25, 0.3) is 0 Å². The molecular formula is C14H17NO2. The Balaban J connectivity index is 2.03. The Morgan fingerprint density at radius 1 is 0.941 bits per heavy atom. The number of benzene rings is 1. The molecule has 0 atom stereocenters. The van der Waals surface area contributed by atoms with E-state index >= 15 is 0 Å². The van der Waals surface area contributed by atoms with Crippen LogP contribution in [0.1, 0.15) is 53.3 Å². The van der Waals surface area contributed by atoms with E-state index in [0.29, 0.717) is 17.7 Å². The van der Waals surface area contributed by atoms with Gasteiger partial charge in [-0.15, -0.1) is 0 Å². The van der Waals surface area contributed by atoms with E-state index in [1.165, 1.54) is 4.90 Å². The first kappa shape index (κ1) is 11.8. The average molecular weight is 231 g/mol. The molecule has 3 nitrogen and oxygen atoms in total. The van der Waals surface area contributed by atoms with Crippen molar-refractivity contribution in [1.82, 2.24) is 4.90 Å². The molecule has 0 bridgehead atoms. The third-order valence-corrected chi connectivity index (χ3v) is 3.11. The fraction of sp³-hybridized carbons (Fsp3) is 0.429.